The Kier molecular flexibility index (Phi) is 18.3. The van der Waals surface area contributed by atoms with Crippen molar-refractivity contribution in [3.05, 3.63) is 23.8 Å². The molecular weight excluding hydrogens is 1100 g/mol. The molecule has 0 aromatic carbocycles. The van der Waals surface area contributed by atoms with E-state index in [2.05, 4.69) is 47.3 Å². The first-order chi connectivity index (χ1) is 38.9. The third-order valence-electron chi connectivity index (χ3n) is 22.5. The van der Waals surface area contributed by atoms with Gasteiger partial charge in [0.1, 0.15) is 104 Å². The van der Waals surface area contributed by atoms with Crippen LogP contribution in [0.5, 0.6) is 0 Å². The molecular formula is C58H92O25. The molecule has 25 heteroatoms. The quantitative estimate of drug-likeness (QED) is 0.0572. The zero-order valence-electron chi connectivity index (χ0n) is 48.4. The van der Waals surface area contributed by atoms with Gasteiger partial charge in [0.05, 0.1) is 43.5 Å². The number of esters is 1. The predicted octanol–water partition coefficient (Wildman–Crippen LogP) is -1.99. The predicted molar refractivity (Wildman–Crippen MR) is 282 cm³/mol. The van der Waals surface area contributed by atoms with Gasteiger partial charge in [-0.3, -0.25) is 4.79 Å². The molecule has 83 heavy (non-hydrogen) atoms. The lowest BCUT2D eigenvalue weighted by molar-refractivity contribution is -0.364. The Bertz CT molecular complexity index is 2340. The third kappa shape index (κ3) is 10.7. The van der Waals surface area contributed by atoms with E-state index >= 15 is 4.79 Å². The summed E-state index contributed by atoms with van der Waals surface area (Å²) >= 11 is 0. The van der Waals surface area contributed by atoms with Crippen LogP contribution in [0.15, 0.2) is 23.8 Å². The fraction of sp³-hybridized carbons (Fsp3) is 0.914. The molecule has 14 N–H and O–H groups in total. The lowest BCUT2D eigenvalue weighted by Gasteiger charge is -2.71. The van der Waals surface area contributed by atoms with Crippen molar-refractivity contribution >= 4 is 5.97 Å². The van der Waals surface area contributed by atoms with Gasteiger partial charge in [0.25, 0.3) is 0 Å². The lowest BCUT2D eigenvalue weighted by atomic mass is 9.34. The van der Waals surface area contributed by atoms with E-state index in [9.17, 15) is 71.5 Å². The molecule has 9 fully saturated rings. The molecule has 0 bridgehead atoms. The van der Waals surface area contributed by atoms with Crippen molar-refractivity contribution in [3.8, 4) is 0 Å². The van der Waals surface area contributed by atoms with Crippen molar-refractivity contribution in [1.29, 1.82) is 0 Å². The number of allylic oxidation sites excluding steroid dienone is 3. The molecule has 5 saturated heterocycles. The normalized spacial score (nSPS) is 54.5. The van der Waals surface area contributed by atoms with Crippen LogP contribution in [0.3, 0.4) is 0 Å². The topological polar surface area (TPSA) is 393 Å². The fourth-order valence-corrected chi connectivity index (χ4v) is 17.1. The summed E-state index contributed by atoms with van der Waals surface area (Å²) in [6, 6.07) is 0. The van der Waals surface area contributed by atoms with E-state index in [0.717, 1.165) is 31.3 Å². The molecule has 10 rings (SSSR count). The van der Waals surface area contributed by atoms with E-state index < -0.39 is 177 Å². The summed E-state index contributed by atoms with van der Waals surface area (Å²) in [5.74, 6) is -0.574. The number of carbonyl (C=O) groups is 1. The molecule has 0 spiro atoms. The fourth-order valence-electron chi connectivity index (χ4n) is 17.1. The molecule has 5 aliphatic heterocycles. The maximum Gasteiger partial charge on any atom is 0.315 e. The molecule has 5 aliphatic carbocycles. The highest BCUT2D eigenvalue weighted by atomic mass is 16.8. The van der Waals surface area contributed by atoms with Gasteiger partial charge >= 0.3 is 5.97 Å². The van der Waals surface area contributed by atoms with Crippen LogP contribution in [0, 0.1) is 44.8 Å². The number of rotatable bonds is 12. The monoisotopic (exact) mass is 1190 g/mol. The average molecular weight is 1190 g/mol. The Morgan fingerprint density at radius 1 is 0.602 bits per heavy atom. The molecule has 0 amide bonds. The Morgan fingerprint density at radius 2 is 1.19 bits per heavy atom. The first kappa shape index (κ1) is 64.0. The maximum absolute atomic E-state index is 15.1. The van der Waals surface area contributed by atoms with Crippen LogP contribution in [0.2, 0.25) is 0 Å². The zero-order chi connectivity index (χ0) is 60.4. The van der Waals surface area contributed by atoms with Gasteiger partial charge in [-0.2, -0.15) is 0 Å². The van der Waals surface area contributed by atoms with Crippen molar-refractivity contribution in [2.75, 3.05) is 19.8 Å². The molecule has 0 aromatic heterocycles. The van der Waals surface area contributed by atoms with Crippen LogP contribution in [-0.4, -0.2) is 251 Å². The van der Waals surface area contributed by atoms with E-state index in [0.29, 0.717) is 38.5 Å². The minimum absolute atomic E-state index is 0.161. The molecule has 0 radical (unpaired) electrons. The minimum atomic E-state index is -1.89. The SMILES string of the molecule is C=C1CCC2(C(=O)OC3OC(COC4OC(CO)C(OC5OC(C)C(O)C(O)C5O)C(O)C4O)C(O)C(O)C3O)CCC3(C)C(=CCC4C5(C)CCC(OC6OCC(O)C(O)C6OC6OC(C)C(O)C(O)C6O)C(C)(C)C5CCC43C)C2C1. The van der Waals surface area contributed by atoms with E-state index in [1.54, 1.807) is 0 Å². The molecule has 32 unspecified atom stereocenters. The molecule has 0 aromatic rings. The van der Waals surface area contributed by atoms with Crippen LogP contribution < -0.4 is 0 Å². The van der Waals surface area contributed by atoms with Crippen molar-refractivity contribution in [2.24, 2.45) is 44.8 Å². The van der Waals surface area contributed by atoms with Gasteiger partial charge in [0, 0.05) is 5.92 Å². The third-order valence-corrected chi connectivity index (χ3v) is 22.5. The van der Waals surface area contributed by atoms with Gasteiger partial charge in [-0.05, 0) is 112 Å². The number of aliphatic hydroxyl groups excluding tert-OH is 14. The smallest absolute Gasteiger partial charge is 0.315 e. The highest BCUT2D eigenvalue weighted by Crippen LogP contribution is 2.75. The number of hydrogen-bond donors (Lipinski definition) is 14. The van der Waals surface area contributed by atoms with Crippen LogP contribution in [0.25, 0.3) is 0 Å². The van der Waals surface area contributed by atoms with Crippen molar-refractivity contribution < 1.29 is 124 Å². The van der Waals surface area contributed by atoms with Crippen LogP contribution >= 0.6 is 0 Å². The van der Waals surface area contributed by atoms with Crippen LogP contribution in [0.4, 0.5) is 0 Å². The van der Waals surface area contributed by atoms with E-state index in [-0.39, 0.29) is 46.7 Å². The molecule has 474 valence electrons. The second-order valence-corrected chi connectivity index (χ2v) is 27.2. The van der Waals surface area contributed by atoms with E-state index in [4.69, 9.17) is 47.4 Å². The summed E-state index contributed by atoms with van der Waals surface area (Å²) in [5, 5.41) is 151. The standard InChI is InChI=1S/C58H92O25/c1-23-11-16-58(53(73)83-51-44(71)40(67)37(64)30(79-51)22-75-48-45(72)41(68)46(29(20-59)78-48)81-49-42(69)38(65)34(61)24(2)76-49)18-17-56(7)26(27(58)19-23)9-10-32-55(6)14-13-33(54(4,5)31(55)12-15-57(32,56)8)80-52-47(36(63)28(60)21-74-52)82-50-43(70)39(66)35(62)25(3)77-50/h9,24-25,27-52,59-72H,1,10-22H2,2-8H3. The molecule has 5 heterocycles. The van der Waals surface area contributed by atoms with Crippen LogP contribution in [0.1, 0.15) is 113 Å². The summed E-state index contributed by atoms with van der Waals surface area (Å²) in [6.07, 6.45) is -28.6. The lowest BCUT2D eigenvalue weighted by Crippen LogP contribution is -2.66. The summed E-state index contributed by atoms with van der Waals surface area (Å²) < 4.78 is 59.4. The van der Waals surface area contributed by atoms with Gasteiger partial charge < -0.3 is 119 Å². The molecule has 10 aliphatic rings. The van der Waals surface area contributed by atoms with E-state index in [1.807, 2.05) is 0 Å². The molecule has 4 saturated carbocycles. The highest BCUT2D eigenvalue weighted by Gasteiger charge is 2.70. The second-order valence-electron chi connectivity index (χ2n) is 27.2. The number of hydrogen-bond acceptors (Lipinski definition) is 25. The Hall–Kier alpha value is -1.97. The van der Waals surface area contributed by atoms with Gasteiger partial charge in [0.15, 0.2) is 25.2 Å². The van der Waals surface area contributed by atoms with Gasteiger partial charge in [-0.25, -0.2) is 0 Å². The summed E-state index contributed by atoms with van der Waals surface area (Å²) in [7, 11) is 0. The van der Waals surface area contributed by atoms with Crippen LogP contribution in [-0.2, 0) is 52.2 Å². The zero-order valence-corrected chi connectivity index (χ0v) is 48.4. The molecule has 32 atom stereocenters. The van der Waals surface area contributed by atoms with E-state index in [1.165, 1.54) is 19.4 Å². The first-order valence-electron chi connectivity index (χ1n) is 29.8. The number of carbonyl (C=O) groups excluding carboxylic acids is 1. The Labute approximate surface area is 483 Å². The van der Waals surface area contributed by atoms with Gasteiger partial charge in [-0.1, -0.05) is 58.4 Å². The summed E-state index contributed by atoms with van der Waals surface area (Å²) in [6.45, 7) is 17.2. The van der Waals surface area contributed by atoms with Gasteiger partial charge in [0.2, 0.25) is 6.29 Å². The Balaban J connectivity index is 0.815. The van der Waals surface area contributed by atoms with Crippen molar-refractivity contribution in [3.63, 3.8) is 0 Å². The van der Waals surface area contributed by atoms with Gasteiger partial charge in [-0.15, -0.1) is 0 Å². The molecule has 25 nitrogen and oxygen atoms in total. The number of ether oxygens (including phenoxy) is 10. The average Bonchev–Trinajstić information content (AvgIpc) is 0.778. The second kappa shape index (κ2) is 23.8. The Morgan fingerprint density at radius 3 is 1.83 bits per heavy atom. The first-order valence-corrected chi connectivity index (χ1v) is 29.8. The summed E-state index contributed by atoms with van der Waals surface area (Å²) in [4.78, 5) is 15.1. The number of fused-ring (bicyclic) bond motifs is 7. The largest absolute Gasteiger partial charge is 0.432 e. The van der Waals surface area contributed by atoms with Crippen molar-refractivity contribution in [2.45, 2.75) is 266 Å². The minimum Gasteiger partial charge on any atom is -0.432 e. The highest BCUT2D eigenvalue weighted by molar-refractivity contribution is 5.79. The maximum atomic E-state index is 15.1. The summed E-state index contributed by atoms with van der Waals surface area (Å²) in [5.41, 5.74) is -0.119. The van der Waals surface area contributed by atoms with Crippen molar-refractivity contribution in [1.82, 2.24) is 0 Å². The number of aliphatic hydroxyl groups is 14.